The number of alkyl halides is 3. The van der Waals surface area contributed by atoms with Gasteiger partial charge in [0.05, 0.1) is 17.6 Å². The third-order valence-electron chi connectivity index (χ3n) is 6.64. The van der Waals surface area contributed by atoms with Crippen LogP contribution in [0.4, 0.5) is 13.2 Å². The first-order valence-electron chi connectivity index (χ1n) is 10.1. The normalized spacial score (nSPS) is 30.5. The Hall–Kier alpha value is -1.56. The van der Waals surface area contributed by atoms with E-state index in [0.717, 1.165) is 5.56 Å². The Morgan fingerprint density at radius 3 is 2.61 bits per heavy atom. The fourth-order valence-corrected chi connectivity index (χ4v) is 5.74. The fourth-order valence-electron chi connectivity index (χ4n) is 5.74. The summed E-state index contributed by atoms with van der Waals surface area (Å²) >= 11 is 0. The molecule has 2 aliphatic rings. The maximum atomic E-state index is 13.7. The van der Waals surface area contributed by atoms with E-state index in [1.807, 2.05) is 13.8 Å². The molecular weight excluding hydrogens is 369 g/mol. The molecule has 0 amide bonds. The summed E-state index contributed by atoms with van der Waals surface area (Å²) in [5, 5.41) is 20.4. The second-order valence-corrected chi connectivity index (χ2v) is 9.24. The van der Waals surface area contributed by atoms with Crippen molar-refractivity contribution in [2.75, 3.05) is 0 Å². The van der Waals surface area contributed by atoms with Gasteiger partial charge in [-0.2, -0.15) is 13.2 Å². The molecule has 0 spiro atoms. The van der Waals surface area contributed by atoms with Gasteiger partial charge in [-0.15, -0.1) is 0 Å². The Morgan fingerprint density at radius 1 is 1.29 bits per heavy atom. The maximum absolute atomic E-state index is 13.7. The molecule has 0 heterocycles. The van der Waals surface area contributed by atoms with Crippen molar-refractivity contribution in [3.8, 4) is 0 Å². The van der Waals surface area contributed by atoms with Gasteiger partial charge in [-0.1, -0.05) is 19.9 Å². The molecule has 0 aliphatic heterocycles. The van der Waals surface area contributed by atoms with Crippen LogP contribution in [0.1, 0.15) is 80.3 Å². The first kappa shape index (κ1) is 21.2. The minimum Gasteiger partial charge on any atom is -0.478 e. The van der Waals surface area contributed by atoms with Gasteiger partial charge in [0.15, 0.2) is 0 Å². The summed E-state index contributed by atoms with van der Waals surface area (Å²) in [4.78, 5) is 11.3. The highest BCUT2D eigenvalue weighted by molar-refractivity contribution is 5.88. The Labute approximate surface area is 164 Å². The second-order valence-electron chi connectivity index (χ2n) is 9.24. The topological polar surface area (TPSA) is 57.5 Å². The lowest BCUT2D eigenvalue weighted by Gasteiger charge is -2.51. The molecule has 0 radical (unpaired) electrons. The molecule has 3 rings (SSSR count). The molecule has 3 nitrogen and oxygen atoms in total. The fraction of sp³-hybridized carbons (Fsp3) is 0.682. The predicted molar refractivity (Wildman–Crippen MR) is 100 cm³/mol. The zero-order chi connectivity index (χ0) is 20.7. The smallest absolute Gasteiger partial charge is 0.389 e. The van der Waals surface area contributed by atoms with Crippen LogP contribution in [0.3, 0.4) is 0 Å². The number of hydrogen-bond acceptors (Lipinski definition) is 2. The lowest BCUT2D eigenvalue weighted by Crippen LogP contribution is -2.50. The van der Waals surface area contributed by atoms with Crippen LogP contribution in [-0.2, 0) is 11.8 Å². The quantitative estimate of drug-likeness (QED) is 0.705. The molecule has 156 valence electrons. The van der Waals surface area contributed by atoms with Crippen molar-refractivity contribution in [3.63, 3.8) is 0 Å². The van der Waals surface area contributed by atoms with E-state index in [-0.39, 0.29) is 23.8 Å². The van der Waals surface area contributed by atoms with Crippen molar-refractivity contribution in [1.29, 1.82) is 0 Å². The number of aromatic carboxylic acids is 1. The zero-order valence-corrected chi connectivity index (χ0v) is 16.5. The third-order valence-corrected chi connectivity index (χ3v) is 6.64. The molecule has 3 atom stereocenters. The van der Waals surface area contributed by atoms with Crippen LogP contribution in [0.25, 0.3) is 0 Å². The summed E-state index contributed by atoms with van der Waals surface area (Å²) < 4.78 is 41.1. The van der Waals surface area contributed by atoms with E-state index in [1.54, 1.807) is 12.1 Å². The Kier molecular flexibility index (Phi) is 5.56. The maximum Gasteiger partial charge on any atom is 0.389 e. The SMILES string of the molecule is CC(C)C[C@]1(O)CC[C@]2(CC(F)(F)F)c3ccc(C(=O)O)cc3CCC[C@@H]2C1. The first-order chi connectivity index (χ1) is 12.9. The average molecular weight is 398 g/mol. The summed E-state index contributed by atoms with van der Waals surface area (Å²) in [5.74, 6) is -1.05. The van der Waals surface area contributed by atoms with Crippen LogP contribution in [0, 0.1) is 11.8 Å². The predicted octanol–water partition coefficient (Wildman–Crippen LogP) is 5.49. The Morgan fingerprint density at radius 2 is 2.00 bits per heavy atom. The summed E-state index contributed by atoms with van der Waals surface area (Å²) in [7, 11) is 0. The number of carboxylic acid groups (broad SMARTS) is 1. The summed E-state index contributed by atoms with van der Waals surface area (Å²) in [6, 6.07) is 4.58. The molecule has 1 fully saturated rings. The number of fused-ring (bicyclic) bond motifs is 3. The molecule has 1 aromatic carbocycles. The van der Waals surface area contributed by atoms with Crippen molar-refractivity contribution < 1.29 is 28.2 Å². The second kappa shape index (κ2) is 7.36. The highest BCUT2D eigenvalue weighted by Gasteiger charge is 2.54. The summed E-state index contributed by atoms with van der Waals surface area (Å²) in [6.45, 7) is 4.04. The third kappa shape index (κ3) is 4.22. The van der Waals surface area contributed by atoms with Crippen LogP contribution in [0.2, 0.25) is 0 Å². The van der Waals surface area contributed by atoms with Crippen LogP contribution in [0.5, 0.6) is 0 Å². The lowest BCUT2D eigenvalue weighted by molar-refractivity contribution is -0.166. The van der Waals surface area contributed by atoms with Crippen LogP contribution in [-0.4, -0.2) is 28.0 Å². The standard InChI is InChI=1S/C22H29F3O3/c1-14(2)11-20(28)8-9-21(13-22(23,24)25)17(12-20)5-3-4-15-10-16(19(26)27)6-7-18(15)21/h6-7,10,14,17,28H,3-5,8-9,11-13H2,1-2H3,(H,26,27)/t17-,20-,21-/m1/s1. The van der Waals surface area contributed by atoms with E-state index < -0.39 is 29.6 Å². The molecule has 0 bridgehead atoms. The van der Waals surface area contributed by atoms with Gasteiger partial charge in [0.2, 0.25) is 0 Å². The van der Waals surface area contributed by atoms with Gasteiger partial charge in [0.1, 0.15) is 0 Å². The van der Waals surface area contributed by atoms with E-state index in [0.29, 0.717) is 44.1 Å². The number of halogens is 3. The van der Waals surface area contributed by atoms with Gasteiger partial charge in [0, 0.05) is 5.41 Å². The van der Waals surface area contributed by atoms with Gasteiger partial charge in [-0.25, -0.2) is 4.79 Å². The van der Waals surface area contributed by atoms with Crippen LogP contribution >= 0.6 is 0 Å². The summed E-state index contributed by atoms with van der Waals surface area (Å²) in [6.07, 6.45) is -1.74. The average Bonchev–Trinajstić information content (AvgIpc) is 2.69. The van der Waals surface area contributed by atoms with E-state index >= 15 is 0 Å². The molecule has 1 saturated carbocycles. The number of hydrogen-bond donors (Lipinski definition) is 2. The van der Waals surface area contributed by atoms with Gasteiger partial charge in [0.25, 0.3) is 0 Å². The van der Waals surface area contributed by atoms with Crippen molar-refractivity contribution in [2.45, 2.75) is 82.4 Å². The van der Waals surface area contributed by atoms with Crippen molar-refractivity contribution in [3.05, 3.63) is 34.9 Å². The molecule has 6 heteroatoms. The minimum atomic E-state index is -4.32. The van der Waals surface area contributed by atoms with Gasteiger partial charge < -0.3 is 10.2 Å². The number of benzene rings is 1. The molecule has 28 heavy (non-hydrogen) atoms. The highest BCUT2D eigenvalue weighted by atomic mass is 19.4. The lowest BCUT2D eigenvalue weighted by atomic mass is 9.55. The van der Waals surface area contributed by atoms with Gasteiger partial charge in [-0.05, 0) is 80.0 Å². The minimum absolute atomic E-state index is 0.117. The van der Waals surface area contributed by atoms with Crippen molar-refractivity contribution >= 4 is 5.97 Å². The van der Waals surface area contributed by atoms with Crippen molar-refractivity contribution in [1.82, 2.24) is 0 Å². The first-order valence-corrected chi connectivity index (χ1v) is 10.1. The van der Waals surface area contributed by atoms with E-state index in [1.165, 1.54) is 6.07 Å². The number of aliphatic hydroxyl groups is 1. The molecule has 2 N–H and O–H groups in total. The Balaban J connectivity index is 2.07. The molecule has 2 aliphatic carbocycles. The van der Waals surface area contributed by atoms with Crippen molar-refractivity contribution in [2.24, 2.45) is 11.8 Å². The summed E-state index contributed by atoms with van der Waals surface area (Å²) in [5.41, 5.74) is -0.514. The van der Waals surface area contributed by atoms with E-state index in [2.05, 4.69) is 0 Å². The molecule has 0 aromatic heterocycles. The monoisotopic (exact) mass is 398 g/mol. The van der Waals surface area contributed by atoms with Crippen LogP contribution in [0.15, 0.2) is 18.2 Å². The number of carboxylic acids is 1. The molecule has 1 aromatic rings. The zero-order valence-electron chi connectivity index (χ0n) is 16.5. The number of aryl methyl sites for hydroxylation is 1. The van der Waals surface area contributed by atoms with E-state index in [4.69, 9.17) is 0 Å². The van der Waals surface area contributed by atoms with Gasteiger partial charge >= 0.3 is 12.1 Å². The largest absolute Gasteiger partial charge is 0.478 e. The van der Waals surface area contributed by atoms with E-state index in [9.17, 15) is 28.2 Å². The molecule has 0 unspecified atom stereocenters. The molecular formula is C22H29F3O3. The van der Waals surface area contributed by atoms with Crippen LogP contribution < -0.4 is 0 Å². The number of rotatable bonds is 4. The van der Waals surface area contributed by atoms with Gasteiger partial charge in [-0.3, -0.25) is 0 Å². The highest BCUT2D eigenvalue weighted by Crippen LogP contribution is 2.56. The Bertz CT molecular complexity index is 743. The number of carbonyl (C=O) groups is 1. The molecule has 0 saturated heterocycles.